The molecule has 0 spiro atoms. The van der Waals surface area contributed by atoms with Crippen LogP contribution in [0.25, 0.3) is 0 Å². The van der Waals surface area contributed by atoms with E-state index in [1.54, 1.807) is 24.0 Å². The molecule has 1 N–H and O–H groups in total. The summed E-state index contributed by atoms with van der Waals surface area (Å²) < 4.78 is 21.1. The Labute approximate surface area is 243 Å². The number of nitrogens with zero attached hydrogens (tertiary/aromatic N) is 1. The van der Waals surface area contributed by atoms with Crippen LogP contribution in [0.5, 0.6) is 5.75 Å². The van der Waals surface area contributed by atoms with E-state index < -0.39 is 17.8 Å². The van der Waals surface area contributed by atoms with E-state index in [4.69, 9.17) is 4.74 Å². The van der Waals surface area contributed by atoms with Crippen molar-refractivity contribution < 1.29 is 18.7 Å². The van der Waals surface area contributed by atoms with Crippen molar-refractivity contribution in [3.8, 4) is 5.75 Å². The number of nitrogens with one attached hydrogen (secondary N) is 1. The first-order valence-electron chi connectivity index (χ1n) is 14.9. The third-order valence-electron chi connectivity index (χ3n) is 8.49. The van der Waals surface area contributed by atoms with Crippen molar-refractivity contribution in [1.82, 2.24) is 4.90 Å². The minimum absolute atomic E-state index is 0.0583. The SMILES string of the molecule is Cc1cccc(F)c1C(=O)N1CCC[C@H](C(=O)Nc2cccc(C(C)(C)C)c2)[C@@H]1c1ccc(OC2CCCC2)cc1. The van der Waals surface area contributed by atoms with Gasteiger partial charge in [-0.2, -0.15) is 0 Å². The van der Waals surface area contributed by atoms with Gasteiger partial charge in [-0.05, 0) is 97.9 Å². The molecule has 3 aromatic rings. The zero-order chi connectivity index (χ0) is 29.1. The molecule has 1 aliphatic carbocycles. The third-order valence-corrected chi connectivity index (χ3v) is 8.49. The van der Waals surface area contributed by atoms with Gasteiger partial charge in [-0.15, -0.1) is 0 Å². The monoisotopic (exact) mass is 556 g/mol. The lowest BCUT2D eigenvalue weighted by atomic mass is 9.83. The third kappa shape index (κ3) is 6.47. The zero-order valence-corrected chi connectivity index (χ0v) is 24.6. The van der Waals surface area contributed by atoms with Gasteiger partial charge in [0.2, 0.25) is 5.91 Å². The molecular formula is C35H41FN2O3. The van der Waals surface area contributed by atoms with E-state index in [1.165, 1.54) is 18.9 Å². The van der Waals surface area contributed by atoms with Crippen molar-refractivity contribution in [2.75, 3.05) is 11.9 Å². The lowest BCUT2D eigenvalue weighted by Gasteiger charge is -2.41. The molecular weight excluding hydrogens is 515 g/mol. The van der Waals surface area contributed by atoms with Gasteiger partial charge in [0.05, 0.1) is 23.6 Å². The number of carbonyl (C=O) groups is 2. The van der Waals surface area contributed by atoms with Gasteiger partial charge in [0.25, 0.3) is 5.91 Å². The molecule has 0 radical (unpaired) electrons. The molecule has 0 bridgehead atoms. The highest BCUT2D eigenvalue weighted by molar-refractivity contribution is 5.98. The van der Waals surface area contributed by atoms with Gasteiger partial charge < -0.3 is 15.0 Å². The molecule has 2 aliphatic rings. The Bertz CT molecular complexity index is 1370. The molecule has 2 amide bonds. The van der Waals surface area contributed by atoms with Crippen LogP contribution in [0.2, 0.25) is 0 Å². The summed E-state index contributed by atoms with van der Waals surface area (Å²) in [7, 11) is 0. The van der Waals surface area contributed by atoms with E-state index in [0.717, 1.165) is 35.4 Å². The number of anilines is 1. The summed E-state index contributed by atoms with van der Waals surface area (Å²) in [6, 6.07) is 19.8. The highest BCUT2D eigenvalue weighted by atomic mass is 19.1. The molecule has 216 valence electrons. The highest BCUT2D eigenvalue weighted by Crippen LogP contribution is 2.39. The van der Waals surface area contributed by atoms with Gasteiger partial charge >= 0.3 is 0 Å². The molecule has 6 heteroatoms. The molecule has 0 aromatic heterocycles. The zero-order valence-electron chi connectivity index (χ0n) is 24.6. The lowest BCUT2D eigenvalue weighted by Crippen LogP contribution is -2.46. The fourth-order valence-electron chi connectivity index (χ4n) is 6.20. The molecule has 5 nitrogen and oxygen atoms in total. The largest absolute Gasteiger partial charge is 0.490 e. The smallest absolute Gasteiger partial charge is 0.257 e. The van der Waals surface area contributed by atoms with Crippen LogP contribution in [0.1, 0.15) is 92.4 Å². The fourth-order valence-corrected chi connectivity index (χ4v) is 6.20. The Kier molecular flexibility index (Phi) is 8.48. The lowest BCUT2D eigenvalue weighted by molar-refractivity contribution is -0.123. The minimum Gasteiger partial charge on any atom is -0.490 e. The summed E-state index contributed by atoms with van der Waals surface area (Å²) in [5, 5.41) is 3.13. The first-order chi connectivity index (χ1) is 19.6. The summed E-state index contributed by atoms with van der Waals surface area (Å²) >= 11 is 0. The molecule has 1 saturated carbocycles. The van der Waals surface area contributed by atoms with Gasteiger partial charge in [0.1, 0.15) is 11.6 Å². The highest BCUT2D eigenvalue weighted by Gasteiger charge is 2.40. The molecule has 1 heterocycles. The molecule has 41 heavy (non-hydrogen) atoms. The molecule has 1 aliphatic heterocycles. The van der Waals surface area contributed by atoms with Gasteiger partial charge in [-0.25, -0.2) is 4.39 Å². The first-order valence-corrected chi connectivity index (χ1v) is 14.9. The van der Waals surface area contributed by atoms with Crippen molar-refractivity contribution in [2.45, 2.75) is 83.8 Å². The number of hydrogen-bond acceptors (Lipinski definition) is 3. The summed E-state index contributed by atoms with van der Waals surface area (Å²) in [6.45, 7) is 8.61. The van der Waals surface area contributed by atoms with E-state index in [2.05, 4.69) is 32.2 Å². The van der Waals surface area contributed by atoms with Crippen molar-refractivity contribution in [2.24, 2.45) is 5.92 Å². The second-order valence-corrected chi connectivity index (χ2v) is 12.5. The standard InChI is InChI=1S/C35H41FN2O3/c1-23-10-7-16-30(36)31(23)34(40)38-21-9-15-29(33(39)37-26-12-8-11-25(22-26)35(2,3)4)32(38)24-17-19-28(20-18-24)41-27-13-5-6-14-27/h7-8,10-12,16-20,22,27,29,32H,5-6,9,13-15,21H2,1-4H3,(H,37,39)/t29-,32-/m0/s1. The fraction of sp³-hybridized carbons (Fsp3) is 0.429. The Morgan fingerprint density at radius 3 is 2.32 bits per heavy atom. The average molecular weight is 557 g/mol. The predicted octanol–water partition coefficient (Wildman–Crippen LogP) is 7.99. The number of ether oxygens (including phenoxy) is 1. The maximum atomic E-state index is 15.0. The van der Waals surface area contributed by atoms with Gasteiger partial charge in [0.15, 0.2) is 0 Å². The van der Waals surface area contributed by atoms with E-state index in [1.807, 2.05) is 42.5 Å². The Hall–Kier alpha value is -3.67. The van der Waals surface area contributed by atoms with Crippen molar-refractivity contribution in [1.29, 1.82) is 0 Å². The molecule has 5 rings (SSSR count). The van der Waals surface area contributed by atoms with E-state index >= 15 is 0 Å². The number of hydrogen-bond donors (Lipinski definition) is 1. The van der Waals surface area contributed by atoms with Crippen LogP contribution < -0.4 is 10.1 Å². The van der Waals surface area contributed by atoms with Gasteiger partial charge in [0, 0.05) is 12.2 Å². The van der Waals surface area contributed by atoms with Crippen LogP contribution in [-0.2, 0) is 10.2 Å². The van der Waals surface area contributed by atoms with Gasteiger partial charge in [-0.1, -0.05) is 57.2 Å². The number of piperidine rings is 1. The second kappa shape index (κ2) is 12.1. The van der Waals surface area contributed by atoms with E-state index in [9.17, 15) is 14.0 Å². The summed E-state index contributed by atoms with van der Waals surface area (Å²) in [4.78, 5) is 29.5. The average Bonchev–Trinajstić information content (AvgIpc) is 3.46. The van der Waals surface area contributed by atoms with Crippen LogP contribution in [-0.4, -0.2) is 29.4 Å². The number of halogens is 1. The van der Waals surface area contributed by atoms with Gasteiger partial charge in [-0.3, -0.25) is 9.59 Å². The normalized spacial score (nSPS) is 19.7. The number of carbonyl (C=O) groups excluding carboxylic acids is 2. The van der Waals surface area contributed by atoms with Crippen LogP contribution >= 0.6 is 0 Å². The summed E-state index contributed by atoms with van der Waals surface area (Å²) in [6.07, 6.45) is 6.01. The van der Waals surface area contributed by atoms with Crippen LogP contribution in [0.15, 0.2) is 66.7 Å². The maximum absolute atomic E-state index is 15.0. The Morgan fingerprint density at radius 1 is 0.927 bits per heavy atom. The molecule has 3 aromatic carbocycles. The number of aryl methyl sites for hydroxylation is 1. The van der Waals surface area contributed by atoms with Crippen molar-refractivity contribution in [3.05, 3.63) is 94.8 Å². The number of rotatable bonds is 6. The van der Waals surface area contributed by atoms with E-state index in [-0.39, 0.29) is 28.9 Å². The summed E-state index contributed by atoms with van der Waals surface area (Å²) in [5.74, 6) is -0.780. The Balaban J connectivity index is 1.47. The second-order valence-electron chi connectivity index (χ2n) is 12.5. The molecule has 1 saturated heterocycles. The first kappa shape index (κ1) is 28.8. The molecule has 2 fully saturated rings. The number of amides is 2. The van der Waals surface area contributed by atoms with E-state index in [0.29, 0.717) is 24.9 Å². The Morgan fingerprint density at radius 2 is 1.63 bits per heavy atom. The van der Waals surface area contributed by atoms with Crippen LogP contribution in [0.3, 0.4) is 0 Å². The maximum Gasteiger partial charge on any atom is 0.257 e. The van der Waals surface area contributed by atoms with Crippen LogP contribution in [0, 0.1) is 18.7 Å². The molecule has 2 atom stereocenters. The number of benzene rings is 3. The topological polar surface area (TPSA) is 58.6 Å². The molecule has 0 unspecified atom stereocenters. The summed E-state index contributed by atoms with van der Waals surface area (Å²) in [5.41, 5.74) is 3.29. The minimum atomic E-state index is -0.542. The number of likely N-dealkylation sites (tertiary alicyclic amines) is 1. The van der Waals surface area contributed by atoms with Crippen molar-refractivity contribution >= 4 is 17.5 Å². The van der Waals surface area contributed by atoms with Crippen LogP contribution in [0.4, 0.5) is 10.1 Å². The van der Waals surface area contributed by atoms with Crippen molar-refractivity contribution in [3.63, 3.8) is 0 Å². The quantitative estimate of drug-likeness (QED) is 0.335. The predicted molar refractivity (Wildman–Crippen MR) is 161 cm³/mol.